The van der Waals surface area contributed by atoms with Crippen LogP contribution in [0, 0.1) is 0 Å². The molecule has 6 heteroatoms. The summed E-state index contributed by atoms with van der Waals surface area (Å²) in [5.41, 5.74) is 0.643. The highest BCUT2D eigenvalue weighted by Gasteiger charge is 2.18. The number of furan rings is 1. The number of rotatable bonds is 3. The smallest absolute Gasteiger partial charge is 0.338 e. The highest BCUT2D eigenvalue weighted by Crippen LogP contribution is 2.27. The van der Waals surface area contributed by atoms with Crippen molar-refractivity contribution < 1.29 is 22.4 Å². The Bertz CT molecular complexity index is 699. The summed E-state index contributed by atoms with van der Waals surface area (Å²) in [6.45, 7) is 0. The van der Waals surface area contributed by atoms with Gasteiger partial charge in [0, 0.05) is 11.8 Å². The molecular formula is C13H12O5S. The predicted octanol–water partition coefficient (Wildman–Crippen LogP) is 2.14. The van der Waals surface area contributed by atoms with Gasteiger partial charge in [-0.1, -0.05) is 0 Å². The molecule has 100 valence electrons. The van der Waals surface area contributed by atoms with Crippen LogP contribution in [0.5, 0.6) is 0 Å². The molecule has 1 aromatic heterocycles. The van der Waals surface area contributed by atoms with Crippen molar-refractivity contribution >= 4 is 15.8 Å². The molecule has 19 heavy (non-hydrogen) atoms. The number of methoxy groups -OCH3 is 1. The zero-order chi connectivity index (χ0) is 14.0. The minimum Gasteiger partial charge on any atom is -0.465 e. The molecule has 0 aliphatic carbocycles. The van der Waals surface area contributed by atoms with Gasteiger partial charge in [-0.15, -0.1) is 0 Å². The Balaban J connectivity index is 2.66. The first-order chi connectivity index (χ1) is 8.93. The number of esters is 1. The molecule has 0 aliphatic heterocycles. The van der Waals surface area contributed by atoms with Gasteiger partial charge in [-0.2, -0.15) is 0 Å². The van der Waals surface area contributed by atoms with Crippen molar-refractivity contribution in [3.8, 4) is 11.3 Å². The molecule has 0 saturated heterocycles. The summed E-state index contributed by atoms with van der Waals surface area (Å²) in [7, 11) is -2.15. The van der Waals surface area contributed by atoms with Gasteiger partial charge in [0.2, 0.25) is 0 Å². The number of benzene rings is 1. The van der Waals surface area contributed by atoms with Crippen LogP contribution in [0.25, 0.3) is 11.3 Å². The first kappa shape index (κ1) is 13.4. The fourth-order valence-electron chi connectivity index (χ4n) is 1.68. The van der Waals surface area contributed by atoms with E-state index >= 15 is 0 Å². The van der Waals surface area contributed by atoms with E-state index in [1.54, 1.807) is 12.1 Å². The molecule has 1 aromatic carbocycles. The molecule has 1 heterocycles. The molecule has 0 saturated carbocycles. The average molecular weight is 280 g/mol. The molecule has 0 unspecified atom stereocenters. The molecule has 5 nitrogen and oxygen atoms in total. The van der Waals surface area contributed by atoms with Crippen LogP contribution in [0.15, 0.2) is 45.9 Å². The second-order valence-electron chi connectivity index (χ2n) is 3.95. The van der Waals surface area contributed by atoms with Gasteiger partial charge in [0.05, 0.1) is 23.8 Å². The fraction of sp³-hybridized carbons (Fsp3) is 0.154. The van der Waals surface area contributed by atoms with Crippen LogP contribution in [0.4, 0.5) is 0 Å². The molecular weight excluding hydrogens is 268 g/mol. The quantitative estimate of drug-likeness (QED) is 0.805. The molecule has 0 amide bonds. The first-order valence-electron chi connectivity index (χ1n) is 5.40. The Morgan fingerprint density at radius 2 is 2.00 bits per heavy atom. The van der Waals surface area contributed by atoms with Crippen LogP contribution in [-0.4, -0.2) is 27.8 Å². The summed E-state index contributed by atoms with van der Waals surface area (Å²) in [5, 5.41) is 0. The number of carbonyl (C=O) groups is 1. The van der Waals surface area contributed by atoms with Crippen molar-refractivity contribution in [1.29, 1.82) is 0 Å². The van der Waals surface area contributed by atoms with Crippen LogP contribution < -0.4 is 0 Å². The summed E-state index contributed by atoms with van der Waals surface area (Å²) in [6, 6.07) is 7.61. The molecule has 0 aliphatic rings. The van der Waals surface area contributed by atoms with Gasteiger partial charge in [-0.3, -0.25) is 0 Å². The topological polar surface area (TPSA) is 73.6 Å². The van der Waals surface area contributed by atoms with E-state index in [9.17, 15) is 13.2 Å². The Morgan fingerprint density at radius 3 is 2.53 bits per heavy atom. The maximum Gasteiger partial charge on any atom is 0.338 e. The van der Waals surface area contributed by atoms with E-state index < -0.39 is 15.8 Å². The van der Waals surface area contributed by atoms with Crippen molar-refractivity contribution in [2.24, 2.45) is 0 Å². The number of sulfone groups is 1. The van der Waals surface area contributed by atoms with Crippen LogP contribution in [-0.2, 0) is 14.6 Å². The highest BCUT2D eigenvalue weighted by molar-refractivity contribution is 7.90. The normalized spacial score (nSPS) is 11.3. The van der Waals surface area contributed by atoms with Crippen molar-refractivity contribution in [1.82, 2.24) is 0 Å². The minimum absolute atomic E-state index is 0.0585. The van der Waals surface area contributed by atoms with Gasteiger partial charge in [0.15, 0.2) is 9.84 Å². The molecule has 2 rings (SSSR count). The summed E-state index contributed by atoms with van der Waals surface area (Å²) in [5.74, 6) is -0.141. The maximum atomic E-state index is 11.7. The zero-order valence-corrected chi connectivity index (χ0v) is 11.2. The van der Waals surface area contributed by atoms with Gasteiger partial charge in [0.1, 0.15) is 5.76 Å². The van der Waals surface area contributed by atoms with E-state index in [0.29, 0.717) is 11.3 Å². The van der Waals surface area contributed by atoms with Crippen LogP contribution in [0.2, 0.25) is 0 Å². The fourth-order valence-corrected chi connectivity index (χ4v) is 2.33. The monoisotopic (exact) mass is 280 g/mol. The SMILES string of the molecule is COC(=O)c1cc(S(C)(=O)=O)ccc1-c1ccco1. The Hall–Kier alpha value is -2.08. The van der Waals surface area contributed by atoms with E-state index in [2.05, 4.69) is 4.74 Å². The van der Waals surface area contributed by atoms with E-state index in [1.165, 1.54) is 31.6 Å². The third kappa shape index (κ3) is 2.68. The highest BCUT2D eigenvalue weighted by atomic mass is 32.2. The molecule has 0 spiro atoms. The number of carbonyl (C=O) groups excluding carboxylic acids is 1. The van der Waals surface area contributed by atoms with E-state index in [1.807, 2.05) is 0 Å². The summed E-state index contributed by atoms with van der Waals surface area (Å²) >= 11 is 0. The Labute approximate surface area is 110 Å². The molecule has 0 atom stereocenters. The zero-order valence-electron chi connectivity index (χ0n) is 10.4. The summed E-state index contributed by atoms with van der Waals surface area (Å²) in [4.78, 5) is 11.8. The predicted molar refractivity (Wildman–Crippen MR) is 68.6 cm³/mol. The van der Waals surface area contributed by atoms with Crippen molar-refractivity contribution in [2.75, 3.05) is 13.4 Å². The lowest BCUT2D eigenvalue weighted by Gasteiger charge is -2.07. The van der Waals surface area contributed by atoms with Crippen molar-refractivity contribution in [3.63, 3.8) is 0 Å². The second kappa shape index (κ2) is 4.89. The van der Waals surface area contributed by atoms with Gasteiger partial charge >= 0.3 is 5.97 Å². The average Bonchev–Trinajstić information content (AvgIpc) is 2.89. The third-order valence-electron chi connectivity index (χ3n) is 2.61. The van der Waals surface area contributed by atoms with Crippen molar-refractivity contribution in [2.45, 2.75) is 4.90 Å². The molecule has 0 N–H and O–H groups in total. The van der Waals surface area contributed by atoms with Crippen LogP contribution in [0.1, 0.15) is 10.4 Å². The molecule has 0 bridgehead atoms. The largest absolute Gasteiger partial charge is 0.465 e. The summed E-state index contributed by atoms with van der Waals surface area (Å²) < 4.78 is 32.9. The minimum atomic E-state index is -3.39. The lowest BCUT2D eigenvalue weighted by molar-refractivity contribution is 0.0601. The van der Waals surface area contributed by atoms with Gasteiger partial charge in [-0.05, 0) is 30.3 Å². The molecule has 2 aromatic rings. The lowest BCUT2D eigenvalue weighted by atomic mass is 10.1. The third-order valence-corrected chi connectivity index (χ3v) is 3.72. The first-order valence-corrected chi connectivity index (χ1v) is 7.29. The van der Waals surface area contributed by atoms with E-state index in [-0.39, 0.29) is 10.5 Å². The number of hydrogen-bond donors (Lipinski definition) is 0. The standard InChI is InChI=1S/C13H12O5S/c1-17-13(14)11-8-9(19(2,15)16)5-6-10(11)12-4-3-7-18-12/h3-8H,1-2H3. The van der Waals surface area contributed by atoms with Crippen LogP contribution in [0.3, 0.4) is 0 Å². The lowest BCUT2D eigenvalue weighted by Crippen LogP contribution is -2.06. The molecule has 0 fully saturated rings. The number of ether oxygens (including phenoxy) is 1. The number of hydrogen-bond acceptors (Lipinski definition) is 5. The van der Waals surface area contributed by atoms with E-state index in [4.69, 9.17) is 4.42 Å². The van der Waals surface area contributed by atoms with Gasteiger partial charge in [-0.25, -0.2) is 13.2 Å². The Morgan fingerprint density at radius 1 is 1.26 bits per heavy atom. The molecule has 0 radical (unpaired) electrons. The van der Waals surface area contributed by atoms with E-state index in [0.717, 1.165) is 6.26 Å². The second-order valence-corrected chi connectivity index (χ2v) is 5.96. The van der Waals surface area contributed by atoms with Crippen LogP contribution >= 0.6 is 0 Å². The van der Waals surface area contributed by atoms with Crippen molar-refractivity contribution in [3.05, 3.63) is 42.2 Å². The summed E-state index contributed by atoms with van der Waals surface area (Å²) in [6.07, 6.45) is 2.55. The Kier molecular flexibility index (Phi) is 3.44. The van der Waals surface area contributed by atoms with Gasteiger partial charge in [0.25, 0.3) is 0 Å². The van der Waals surface area contributed by atoms with Gasteiger partial charge < -0.3 is 9.15 Å². The maximum absolute atomic E-state index is 11.7.